The molecule has 1 unspecified atom stereocenters. The standard InChI is InChI=1S/C17H26O3Si/c1-17(2,3)16(21-11-9-20-10-12-21)15(18)13-5-7-14(19-4)8-6-13/h5-8,16,21H,9-12H2,1-4H3. The lowest BCUT2D eigenvalue weighted by molar-refractivity contribution is 0.0930. The summed E-state index contributed by atoms with van der Waals surface area (Å²) in [4.78, 5) is 13.0. The minimum atomic E-state index is -1.12. The van der Waals surface area contributed by atoms with Gasteiger partial charge in [-0.3, -0.25) is 4.79 Å². The van der Waals surface area contributed by atoms with Gasteiger partial charge in [0.15, 0.2) is 5.78 Å². The van der Waals surface area contributed by atoms with Crippen LogP contribution in [0.15, 0.2) is 24.3 Å². The average molecular weight is 306 g/mol. The van der Waals surface area contributed by atoms with Gasteiger partial charge in [-0.1, -0.05) is 20.8 Å². The molecule has 1 aliphatic heterocycles. The first-order valence-electron chi connectivity index (χ1n) is 7.69. The number of ketones is 1. The van der Waals surface area contributed by atoms with Crippen LogP contribution in [-0.2, 0) is 4.74 Å². The molecule has 1 aliphatic rings. The molecule has 0 radical (unpaired) electrons. The van der Waals surface area contributed by atoms with E-state index in [1.807, 2.05) is 24.3 Å². The van der Waals surface area contributed by atoms with Crippen molar-refractivity contribution in [2.24, 2.45) is 5.41 Å². The number of hydrogen-bond donors (Lipinski definition) is 0. The third kappa shape index (κ3) is 3.95. The molecule has 0 N–H and O–H groups in total. The Morgan fingerprint density at radius 3 is 2.24 bits per heavy atom. The Hall–Kier alpha value is -1.13. The van der Waals surface area contributed by atoms with Gasteiger partial charge in [-0.15, -0.1) is 0 Å². The molecular formula is C17H26O3Si. The number of methoxy groups -OCH3 is 1. The molecule has 4 heteroatoms. The topological polar surface area (TPSA) is 35.5 Å². The Morgan fingerprint density at radius 1 is 1.19 bits per heavy atom. The van der Waals surface area contributed by atoms with Crippen LogP contribution in [0.5, 0.6) is 5.75 Å². The van der Waals surface area contributed by atoms with E-state index in [0.29, 0.717) is 5.78 Å². The van der Waals surface area contributed by atoms with Crippen LogP contribution in [-0.4, -0.2) is 34.9 Å². The minimum Gasteiger partial charge on any atom is -0.497 e. The molecule has 0 amide bonds. The van der Waals surface area contributed by atoms with Crippen LogP contribution < -0.4 is 4.74 Å². The number of hydrogen-bond acceptors (Lipinski definition) is 3. The molecule has 1 aromatic carbocycles. The summed E-state index contributed by atoms with van der Waals surface area (Å²) in [6, 6.07) is 9.77. The average Bonchev–Trinajstić information content (AvgIpc) is 2.47. The van der Waals surface area contributed by atoms with E-state index >= 15 is 0 Å². The molecule has 0 bridgehead atoms. The maximum absolute atomic E-state index is 13.0. The lowest BCUT2D eigenvalue weighted by atomic mass is 9.87. The van der Waals surface area contributed by atoms with Crippen LogP contribution in [0.4, 0.5) is 0 Å². The number of Topliss-reactive ketones (excluding diaryl/α,β-unsaturated/α-hetero) is 1. The van der Waals surface area contributed by atoms with E-state index < -0.39 is 8.80 Å². The predicted molar refractivity (Wildman–Crippen MR) is 88.1 cm³/mol. The van der Waals surface area contributed by atoms with Crippen molar-refractivity contribution >= 4 is 14.6 Å². The molecule has 21 heavy (non-hydrogen) atoms. The number of benzene rings is 1. The molecule has 0 aromatic heterocycles. The maximum atomic E-state index is 13.0. The summed E-state index contributed by atoms with van der Waals surface area (Å²) >= 11 is 0. The van der Waals surface area contributed by atoms with Crippen molar-refractivity contribution in [3.05, 3.63) is 29.8 Å². The van der Waals surface area contributed by atoms with Crippen LogP contribution in [0, 0.1) is 5.41 Å². The third-order valence-electron chi connectivity index (χ3n) is 4.33. The highest BCUT2D eigenvalue weighted by Gasteiger charge is 2.39. The molecule has 1 atom stereocenters. The molecule has 0 saturated carbocycles. The molecule has 2 rings (SSSR count). The summed E-state index contributed by atoms with van der Waals surface area (Å²) in [5.41, 5.74) is 1.01. The Morgan fingerprint density at radius 2 is 1.76 bits per heavy atom. The molecule has 116 valence electrons. The van der Waals surface area contributed by atoms with Gasteiger partial charge in [-0.05, 0) is 41.8 Å². The minimum absolute atomic E-state index is 0.0191. The van der Waals surface area contributed by atoms with E-state index in [1.165, 1.54) is 0 Å². The first kappa shape index (κ1) is 16.2. The van der Waals surface area contributed by atoms with Crippen molar-refractivity contribution in [2.75, 3.05) is 20.3 Å². The van der Waals surface area contributed by atoms with Crippen molar-refractivity contribution in [2.45, 2.75) is 38.4 Å². The molecule has 1 saturated heterocycles. The van der Waals surface area contributed by atoms with Gasteiger partial charge in [0.05, 0.1) is 15.9 Å². The molecular weight excluding hydrogens is 280 g/mol. The third-order valence-corrected chi connectivity index (χ3v) is 8.53. The Bertz CT molecular complexity index is 470. The number of carbonyl (C=O) groups is 1. The highest BCUT2D eigenvalue weighted by Crippen LogP contribution is 2.40. The van der Waals surface area contributed by atoms with E-state index in [-0.39, 0.29) is 11.0 Å². The summed E-state index contributed by atoms with van der Waals surface area (Å²) in [7, 11) is 0.523. The summed E-state index contributed by atoms with van der Waals surface area (Å²) in [5.74, 6) is 1.10. The van der Waals surface area contributed by atoms with Gasteiger partial charge >= 0.3 is 0 Å². The summed E-state index contributed by atoms with van der Waals surface area (Å²) in [5, 5.41) is 0. The summed E-state index contributed by atoms with van der Waals surface area (Å²) < 4.78 is 10.7. The normalized spacial score (nSPS) is 18.3. The molecule has 1 heterocycles. The second-order valence-electron chi connectivity index (χ2n) is 6.89. The molecule has 1 aromatic rings. The van der Waals surface area contributed by atoms with Crippen molar-refractivity contribution in [3.8, 4) is 5.75 Å². The Labute approximate surface area is 129 Å². The van der Waals surface area contributed by atoms with E-state index in [2.05, 4.69) is 20.8 Å². The second kappa shape index (κ2) is 6.75. The number of ether oxygens (including phenoxy) is 2. The molecule has 0 aliphatic carbocycles. The van der Waals surface area contributed by atoms with Gasteiger partial charge in [-0.25, -0.2) is 0 Å². The van der Waals surface area contributed by atoms with Crippen LogP contribution in [0.1, 0.15) is 31.1 Å². The van der Waals surface area contributed by atoms with E-state index in [4.69, 9.17) is 9.47 Å². The quantitative estimate of drug-likeness (QED) is 0.630. The maximum Gasteiger partial charge on any atom is 0.163 e. The smallest absolute Gasteiger partial charge is 0.163 e. The fourth-order valence-corrected chi connectivity index (χ4v) is 7.23. The van der Waals surface area contributed by atoms with E-state index in [9.17, 15) is 4.79 Å². The van der Waals surface area contributed by atoms with Gasteiger partial charge in [0.2, 0.25) is 0 Å². The highest BCUT2D eigenvalue weighted by atomic mass is 28.3. The van der Waals surface area contributed by atoms with Gasteiger partial charge in [0.25, 0.3) is 0 Å². The first-order chi connectivity index (χ1) is 9.93. The zero-order valence-electron chi connectivity index (χ0n) is 13.5. The fourth-order valence-electron chi connectivity index (χ4n) is 3.30. The monoisotopic (exact) mass is 306 g/mol. The first-order valence-corrected chi connectivity index (χ1v) is 9.99. The molecule has 1 fully saturated rings. The Kier molecular flexibility index (Phi) is 5.22. The number of carbonyl (C=O) groups excluding carboxylic acids is 1. The van der Waals surface area contributed by atoms with Gasteiger partial charge in [-0.2, -0.15) is 0 Å². The van der Waals surface area contributed by atoms with Crippen molar-refractivity contribution in [1.29, 1.82) is 0 Å². The van der Waals surface area contributed by atoms with Crippen LogP contribution in [0.2, 0.25) is 17.6 Å². The van der Waals surface area contributed by atoms with Gasteiger partial charge in [0, 0.05) is 24.3 Å². The number of rotatable bonds is 4. The fraction of sp³-hybridized carbons (Fsp3) is 0.588. The zero-order chi connectivity index (χ0) is 15.5. The zero-order valence-corrected chi connectivity index (χ0v) is 14.7. The van der Waals surface area contributed by atoms with Crippen LogP contribution in [0.25, 0.3) is 0 Å². The summed E-state index contributed by atoms with van der Waals surface area (Å²) in [6.07, 6.45) is 0. The summed E-state index contributed by atoms with van der Waals surface area (Å²) in [6.45, 7) is 8.25. The largest absolute Gasteiger partial charge is 0.497 e. The Balaban J connectivity index is 2.24. The second-order valence-corrected chi connectivity index (χ2v) is 10.2. The molecule has 0 spiro atoms. The molecule has 3 nitrogen and oxygen atoms in total. The van der Waals surface area contributed by atoms with E-state index in [0.717, 1.165) is 36.6 Å². The van der Waals surface area contributed by atoms with Crippen LogP contribution in [0.3, 0.4) is 0 Å². The van der Waals surface area contributed by atoms with E-state index in [1.54, 1.807) is 7.11 Å². The highest BCUT2D eigenvalue weighted by molar-refractivity contribution is 6.65. The van der Waals surface area contributed by atoms with Crippen LogP contribution >= 0.6 is 0 Å². The van der Waals surface area contributed by atoms with Crippen molar-refractivity contribution < 1.29 is 14.3 Å². The van der Waals surface area contributed by atoms with Gasteiger partial charge < -0.3 is 9.47 Å². The lowest BCUT2D eigenvalue weighted by Gasteiger charge is -2.37. The van der Waals surface area contributed by atoms with Gasteiger partial charge in [0.1, 0.15) is 5.75 Å². The van der Waals surface area contributed by atoms with Crippen molar-refractivity contribution in [1.82, 2.24) is 0 Å². The lowest BCUT2D eigenvalue weighted by Crippen LogP contribution is -2.39. The SMILES string of the molecule is COc1ccc(C(=O)C([SiH]2CCOCC2)C(C)(C)C)cc1. The predicted octanol–water partition coefficient (Wildman–Crippen LogP) is 3.55. The van der Waals surface area contributed by atoms with Crippen molar-refractivity contribution in [3.63, 3.8) is 0 Å².